The number of piperazine rings is 1. The lowest BCUT2D eigenvalue weighted by molar-refractivity contribution is 0.0699. The fraction of sp³-hybridized carbons (Fsp3) is 0.400. The molecule has 2 bridgehead atoms. The summed E-state index contributed by atoms with van der Waals surface area (Å²) in [6.45, 7) is 3.98. The summed E-state index contributed by atoms with van der Waals surface area (Å²) >= 11 is 0. The van der Waals surface area contributed by atoms with Crippen LogP contribution in [0.15, 0.2) is 48.5 Å². The molecule has 1 aromatic heterocycles. The van der Waals surface area contributed by atoms with Gasteiger partial charge in [-0.2, -0.15) is 4.98 Å². The Bertz CT molecular complexity index is 1490. The van der Waals surface area contributed by atoms with Crippen LogP contribution in [0.5, 0.6) is 5.75 Å². The lowest BCUT2D eigenvalue weighted by Gasteiger charge is -2.34. The number of halogens is 1. The number of aromatic hydroxyl groups is 1. The predicted octanol–water partition coefficient (Wildman–Crippen LogP) is 5.07. The fourth-order valence-corrected chi connectivity index (χ4v) is 6.35. The molecule has 3 fully saturated rings. The summed E-state index contributed by atoms with van der Waals surface area (Å²) in [4.78, 5) is 12.0. The summed E-state index contributed by atoms with van der Waals surface area (Å²) in [6.07, 6.45) is 4.31. The Labute approximate surface area is 221 Å². The number of hydrogen-bond donors (Lipinski definition) is 3. The first-order chi connectivity index (χ1) is 18.6. The maximum atomic E-state index is 16.5. The van der Waals surface area contributed by atoms with Gasteiger partial charge in [-0.3, -0.25) is 0 Å². The van der Waals surface area contributed by atoms with Gasteiger partial charge in [-0.25, -0.2) is 9.37 Å². The van der Waals surface area contributed by atoms with Crippen LogP contribution in [0.2, 0.25) is 0 Å². The molecule has 3 N–H and O–H groups in total. The topological polar surface area (TPSA) is 82.5 Å². The van der Waals surface area contributed by atoms with Crippen molar-refractivity contribution in [2.75, 3.05) is 43.1 Å². The van der Waals surface area contributed by atoms with Gasteiger partial charge in [-0.05, 0) is 66.1 Å². The van der Waals surface area contributed by atoms with Gasteiger partial charge in [0.15, 0.2) is 5.82 Å². The molecular formula is C30H32FN5O2. The van der Waals surface area contributed by atoms with Crippen LogP contribution in [-0.2, 0) is 4.74 Å². The van der Waals surface area contributed by atoms with Crippen LogP contribution in [0.4, 0.5) is 16.2 Å². The van der Waals surface area contributed by atoms with Crippen molar-refractivity contribution in [3.8, 4) is 16.9 Å². The molecule has 0 radical (unpaired) electrons. The van der Waals surface area contributed by atoms with Crippen molar-refractivity contribution in [3.63, 3.8) is 0 Å². The minimum absolute atomic E-state index is 0.108. The zero-order valence-corrected chi connectivity index (χ0v) is 21.3. The maximum Gasteiger partial charge on any atom is 0.225 e. The van der Waals surface area contributed by atoms with Gasteiger partial charge in [-0.1, -0.05) is 30.3 Å². The number of ether oxygens (including phenoxy) is 1. The zero-order valence-electron chi connectivity index (χ0n) is 21.3. The third-order valence-corrected chi connectivity index (χ3v) is 8.33. The van der Waals surface area contributed by atoms with E-state index in [-0.39, 0.29) is 5.75 Å². The summed E-state index contributed by atoms with van der Waals surface area (Å²) < 4.78 is 22.0. The molecule has 0 spiro atoms. The van der Waals surface area contributed by atoms with Gasteiger partial charge in [0, 0.05) is 55.9 Å². The van der Waals surface area contributed by atoms with Crippen LogP contribution in [0, 0.1) is 11.7 Å². The molecule has 0 aliphatic carbocycles. The highest BCUT2D eigenvalue weighted by molar-refractivity contribution is 6.01. The largest absolute Gasteiger partial charge is 0.508 e. The van der Waals surface area contributed by atoms with Gasteiger partial charge in [-0.15, -0.1) is 0 Å². The van der Waals surface area contributed by atoms with Crippen molar-refractivity contribution >= 4 is 33.4 Å². The van der Waals surface area contributed by atoms with Gasteiger partial charge in [0.25, 0.3) is 0 Å². The quantitative estimate of drug-likeness (QED) is 0.344. The first-order valence-electron chi connectivity index (χ1n) is 13.7. The monoisotopic (exact) mass is 513 g/mol. The molecule has 0 amide bonds. The fourth-order valence-electron chi connectivity index (χ4n) is 6.35. The Hall–Kier alpha value is -3.49. The molecule has 4 aromatic rings. The van der Waals surface area contributed by atoms with Crippen LogP contribution in [0.3, 0.4) is 0 Å². The normalized spacial score (nSPS) is 21.9. The molecule has 3 aliphatic rings. The van der Waals surface area contributed by atoms with E-state index in [9.17, 15) is 5.11 Å². The molecular weight excluding hydrogens is 481 g/mol. The summed E-state index contributed by atoms with van der Waals surface area (Å²) in [5.74, 6) is 1.44. The average molecular weight is 514 g/mol. The number of nitrogens with zero attached hydrogens (tertiary/aromatic N) is 3. The van der Waals surface area contributed by atoms with Gasteiger partial charge in [0.2, 0.25) is 5.95 Å². The number of phenols is 1. The molecule has 8 heteroatoms. The molecule has 2 atom stereocenters. The third-order valence-electron chi connectivity index (χ3n) is 8.33. The average Bonchev–Trinajstić information content (AvgIpc) is 3.29. The standard InChI is InChI=1S/C30H32FN5O2/c31-27-24(26-14-22(37)13-19-3-1-2-4-23(19)26)7-8-25-28(27)34-30(32-15-18-9-11-38-12-10-18)35-29(25)36-16-20-5-6-21(17-36)33-20/h1-4,7-8,13-14,18,20-21,33,37H,5-6,9-12,15-17H2,(H,32,34,35). The van der Waals surface area contributed by atoms with Crippen LogP contribution in [-0.4, -0.2) is 60.0 Å². The van der Waals surface area contributed by atoms with E-state index in [0.717, 1.165) is 75.1 Å². The van der Waals surface area contributed by atoms with Crippen LogP contribution in [0.1, 0.15) is 25.7 Å². The van der Waals surface area contributed by atoms with Crippen molar-refractivity contribution in [2.45, 2.75) is 37.8 Å². The second-order valence-electron chi connectivity index (χ2n) is 10.9. The number of nitrogens with one attached hydrogen (secondary N) is 2. The Kier molecular flexibility index (Phi) is 6.01. The number of fused-ring (bicyclic) bond motifs is 4. The number of phenolic OH excluding ortho intramolecular Hbond substituents is 1. The third kappa shape index (κ3) is 4.31. The Morgan fingerprint density at radius 1 is 0.947 bits per heavy atom. The molecule has 3 saturated heterocycles. The Balaban J connectivity index is 1.34. The van der Waals surface area contributed by atoms with Crippen molar-refractivity contribution in [2.24, 2.45) is 5.92 Å². The molecule has 3 aromatic carbocycles. The van der Waals surface area contributed by atoms with E-state index in [0.29, 0.717) is 46.0 Å². The molecule has 38 heavy (non-hydrogen) atoms. The van der Waals surface area contributed by atoms with E-state index < -0.39 is 5.82 Å². The van der Waals surface area contributed by atoms with E-state index in [4.69, 9.17) is 14.7 Å². The Morgan fingerprint density at radius 3 is 2.55 bits per heavy atom. The molecule has 7 rings (SSSR count). The first-order valence-corrected chi connectivity index (χ1v) is 13.7. The number of rotatable bonds is 5. The van der Waals surface area contributed by atoms with Crippen LogP contribution >= 0.6 is 0 Å². The summed E-state index contributed by atoms with van der Waals surface area (Å²) in [5, 5.41) is 20.0. The second kappa shape index (κ2) is 9.67. The highest BCUT2D eigenvalue weighted by atomic mass is 19.1. The summed E-state index contributed by atoms with van der Waals surface area (Å²) in [6, 6.07) is 15.7. The number of anilines is 2. The SMILES string of the molecule is Oc1cc(-c2ccc3c(N4CC5CCC(C4)N5)nc(NCC4CCOCC4)nc3c2F)c2ccccc2c1. The molecule has 7 nitrogen and oxygen atoms in total. The predicted molar refractivity (Wildman–Crippen MR) is 148 cm³/mol. The van der Waals surface area contributed by atoms with E-state index in [1.807, 2.05) is 30.3 Å². The highest BCUT2D eigenvalue weighted by Crippen LogP contribution is 2.38. The van der Waals surface area contributed by atoms with Crippen molar-refractivity contribution < 1.29 is 14.2 Å². The molecule has 3 aliphatic heterocycles. The first kappa shape index (κ1) is 23.6. The number of hydrogen-bond acceptors (Lipinski definition) is 7. The van der Waals surface area contributed by atoms with E-state index in [1.165, 1.54) is 0 Å². The smallest absolute Gasteiger partial charge is 0.225 e. The lowest BCUT2D eigenvalue weighted by Crippen LogP contribution is -2.51. The molecule has 196 valence electrons. The van der Waals surface area contributed by atoms with Gasteiger partial charge in [0.05, 0.1) is 0 Å². The van der Waals surface area contributed by atoms with Gasteiger partial charge >= 0.3 is 0 Å². The van der Waals surface area contributed by atoms with Crippen molar-refractivity contribution in [3.05, 3.63) is 54.3 Å². The summed E-state index contributed by atoms with van der Waals surface area (Å²) in [5.41, 5.74) is 1.38. The lowest BCUT2D eigenvalue weighted by atomic mass is 9.96. The molecule has 2 unspecified atom stereocenters. The molecule has 0 saturated carbocycles. The summed E-state index contributed by atoms with van der Waals surface area (Å²) in [7, 11) is 0. The van der Waals surface area contributed by atoms with Crippen LogP contribution < -0.4 is 15.5 Å². The minimum Gasteiger partial charge on any atom is -0.508 e. The van der Waals surface area contributed by atoms with E-state index >= 15 is 4.39 Å². The van der Waals surface area contributed by atoms with Crippen LogP contribution in [0.25, 0.3) is 32.8 Å². The van der Waals surface area contributed by atoms with E-state index in [2.05, 4.69) is 15.5 Å². The van der Waals surface area contributed by atoms with Gasteiger partial charge < -0.3 is 25.4 Å². The Morgan fingerprint density at radius 2 is 1.74 bits per heavy atom. The minimum atomic E-state index is -0.394. The number of benzene rings is 3. The molecule has 4 heterocycles. The van der Waals surface area contributed by atoms with Gasteiger partial charge in [0.1, 0.15) is 17.1 Å². The highest BCUT2D eigenvalue weighted by Gasteiger charge is 2.34. The van der Waals surface area contributed by atoms with Crippen molar-refractivity contribution in [1.82, 2.24) is 15.3 Å². The second-order valence-corrected chi connectivity index (χ2v) is 10.9. The zero-order chi connectivity index (χ0) is 25.6. The van der Waals surface area contributed by atoms with Crippen molar-refractivity contribution in [1.29, 1.82) is 0 Å². The maximum absolute atomic E-state index is 16.5. The van der Waals surface area contributed by atoms with E-state index in [1.54, 1.807) is 18.2 Å². The number of aromatic nitrogens is 2.